The van der Waals surface area contributed by atoms with Crippen molar-refractivity contribution < 1.29 is 18.7 Å². The Hall–Kier alpha value is -3.81. The van der Waals surface area contributed by atoms with E-state index in [9.17, 15) is 14.0 Å². The zero-order chi connectivity index (χ0) is 19.9. The second-order valence-corrected chi connectivity index (χ2v) is 5.81. The summed E-state index contributed by atoms with van der Waals surface area (Å²) in [5.41, 5.74) is 2.08. The van der Waals surface area contributed by atoms with Crippen LogP contribution in [-0.4, -0.2) is 29.2 Å². The molecule has 0 saturated heterocycles. The average Bonchev–Trinajstić information content (AvgIpc) is 2.73. The Kier molecular flexibility index (Phi) is 5.91. The Balaban J connectivity index is 1.57. The number of halogens is 1. The molecule has 0 aliphatic heterocycles. The molecule has 7 nitrogen and oxygen atoms in total. The van der Waals surface area contributed by atoms with Crippen molar-refractivity contribution in [2.45, 2.75) is 6.54 Å². The predicted molar refractivity (Wildman–Crippen MR) is 101 cm³/mol. The zero-order valence-corrected chi connectivity index (χ0v) is 15.0. The summed E-state index contributed by atoms with van der Waals surface area (Å²) in [6.45, 7) is 0.257. The number of carbonyl (C=O) groups excluding carboxylic acids is 2. The molecule has 2 N–H and O–H groups in total. The van der Waals surface area contributed by atoms with Gasteiger partial charge >= 0.3 is 5.97 Å². The van der Waals surface area contributed by atoms with Crippen LogP contribution in [0.5, 0.6) is 0 Å². The fourth-order valence-corrected chi connectivity index (χ4v) is 2.35. The van der Waals surface area contributed by atoms with Gasteiger partial charge in [0, 0.05) is 12.2 Å². The van der Waals surface area contributed by atoms with Crippen molar-refractivity contribution in [2.75, 3.05) is 12.4 Å². The van der Waals surface area contributed by atoms with Gasteiger partial charge in [-0.25, -0.2) is 9.18 Å². The largest absolute Gasteiger partial charge is 0.465 e. The Morgan fingerprint density at radius 3 is 2.29 bits per heavy atom. The molecule has 28 heavy (non-hydrogen) atoms. The van der Waals surface area contributed by atoms with Crippen molar-refractivity contribution in [1.82, 2.24) is 15.5 Å². The number of benzene rings is 2. The van der Waals surface area contributed by atoms with Crippen LogP contribution in [0.1, 0.15) is 26.4 Å². The minimum atomic E-state index is -0.414. The molecule has 0 saturated carbocycles. The van der Waals surface area contributed by atoms with E-state index in [2.05, 4.69) is 25.6 Å². The molecule has 0 atom stereocenters. The van der Waals surface area contributed by atoms with Crippen LogP contribution in [0.25, 0.3) is 0 Å². The molecule has 142 valence electrons. The van der Waals surface area contributed by atoms with E-state index in [0.717, 1.165) is 5.56 Å². The standard InChI is InChI=1S/C20H17FN4O3/c1-28-20(27)14-4-8-16(9-5-14)23-18-11-10-17(24-25-18)19(26)22-12-13-2-6-15(21)7-3-13/h2-11H,12H2,1H3,(H,22,26)(H,23,25). The van der Waals surface area contributed by atoms with Crippen LogP contribution in [0, 0.1) is 5.82 Å². The third-order valence-corrected chi connectivity index (χ3v) is 3.84. The van der Waals surface area contributed by atoms with Gasteiger partial charge in [0.05, 0.1) is 12.7 Å². The lowest BCUT2D eigenvalue weighted by atomic mass is 10.2. The number of nitrogens with one attached hydrogen (secondary N) is 2. The van der Waals surface area contributed by atoms with Gasteiger partial charge in [-0.3, -0.25) is 4.79 Å². The van der Waals surface area contributed by atoms with Crippen molar-refractivity contribution in [1.29, 1.82) is 0 Å². The molecule has 0 unspecified atom stereocenters. The normalized spacial score (nSPS) is 10.2. The van der Waals surface area contributed by atoms with E-state index in [-0.39, 0.29) is 24.0 Å². The van der Waals surface area contributed by atoms with Crippen molar-refractivity contribution in [3.63, 3.8) is 0 Å². The second-order valence-electron chi connectivity index (χ2n) is 5.81. The maximum Gasteiger partial charge on any atom is 0.337 e. The van der Waals surface area contributed by atoms with E-state index in [4.69, 9.17) is 0 Å². The number of carbonyl (C=O) groups is 2. The molecule has 0 aliphatic carbocycles. The molecule has 3 aromatic rings. The molecule has 0 aliphatic rings. The SMILES string of the molecule is COC(=O)c1ccc(Nc2ccc(C(=O)NCc3ccc(F)cc3)nn2)cc1. The topological polar surface area (TPSA) is 93.2 Å². The van der Waals surface area contributed by atoms with E-state index in [1.165, 1.54) is 25.3 Å². The van der Waals surface area contributed by atoms with E-state index in [1.54, 1.807) is 42.5 Å². The minimum absolute atomic E-state index is 0.161. The van der Waals surface area contributed by atoms with Crippen molar-refractivity contribution in [3.8, 4) is 0 Å². The van der Waals surface area contributed by atoms with E-state index in [0.29, 0.717) is 17.1 Å². The summed E-state index contributed by atoms with van der Waals surface area (Å²) in [6.07, 6.45) is 0. The van der Waals surface area contributed by atoms with E-state index < -0.39 is 5.97 Å². The molecule has 1 amide bonds. The quantitative estimate of drug-likeness (QED) is 0.639. The van der Waals surface area contributed by atoms with Gasteiger partial charge < -0.3 is 15.4 Å². The highest BCUT2D eigenvalue weighted by Crippen LogP contribution is 2.15. The van der Waals surface area contributed by atoms with Gasteiger partial charge in [-0.05, 0) is 54.1 Å². The van der Waals surface area contributed by atoms with E-state index in [1.807, 2.05) is 0 Å². The number of nitrogens with zero attached hydrogens (tertiary/aromatic N) is 2. The van der Waals surface area contributed by atoms with Crippen molar-refractivity contribution in [2.24, 2.45) is 0 Å². The maximum atomic E-state index is 12.9. The number of anilines is 2. The fourth-order valence-electron chi connectivity index (χ4n) is 2.35. The Morgan fingerprint density at radius 1 is 0.964 bits per heavy atom. The van der Waals surface area contributed by atoms with E-state index >= 15 is 0 Å². The van der Waals surface area contributed by atoms with Gasteiger partial charge in [0.2, 0.25) is 0 Å². The average molecular weight is 380 g/mol. The van der Waals surface area contributed by atoms with Crippen LogP contribution in [0.4, 0.5) is 15.9 Å². The smallest absolute Gasteiger partial charge is 0.337 e. The van der Waals surface area contributed by atoms with Crippen LogP contribution in [0.2, 0.25) is 0 Å². The molecular weight excluding hydrogens is 363 g/mol. The van der Waals surface area contributed by atoms with Crippen LogP contribution in [0.3, 0.4) is 0 Å². The van der Waals surface area contributed by atoms with Gasteiger partial charge in [0.1, 0.15) is 5.82 Å². The summed E-state index contributed by atoms with van der Waals surface area (Å²) in [5.74, 6) is -0.682. The lowest BCUT2D eigenvalue weighted by molar-refractivity contribution is 0.0600. The number of hydrogen-bond donors (Lipinski definition) is 2. The van der Waals surface area contributed by atoms with Crippen LogP contribution in [-0.2, 0) is 11.3 Å². The lowest BCUT2D eigenvalue weighted by Gasteiger charge is -2.07. The van der Waals surface area contributed by atoms with Gasteiger partial charge in [-0.15, -0.1) is 10.2 Å². The highest BCUT2D eigenvalue weighted by atomic mass is 19.1. The Morgan fingerprint density at radius 2 is 1.68 bits per heavy atom. The minimum Gasteiger partial charge on any atom is -0.465 e. The number of methoxy groups -OCH3 is 1. The summed E-state index contributed by atoms with van der Waals surface area (Å²) in [5, 5.41) is 13.6. The Labute approximate surface area is 160 Å². The predicted octanol–water partition coefficient (Wildman–Crippen LogP) is 3.08. The molecule has 0 spiro atoms. The van der Waals surface area contributed by atoms with Crippen LogP contribution >= 0.6 is 0 Å². The summed E-state index contributed by atoms with van der Waals surface area (Å²) >= 11 is 0. The second kappa shape index (κ2) is 8.72. The first-order chi connectivity index (χ1) is 13.5. The summed E-state index contributed by atoms with van der Waals surface area (Å²) in [7, 11) is 1.32. The molecule has 1 aromatic heterocycles. The summed E-state index contributed by atoms with van der Waals surface area (Å²) in [6, 6.07) is 15.7. The molecule has 1 heterocycles. The van der Waals surface area contributed by atoms with Gasteiger partial charge in [0.25, 0.3) is 5.91 Å². The molecule has 2 aromatic carbocycles. The highest BCUT2D eigenvalue weighted by molar-refractivity contribution is 5.92. The highest BCUT2D eigenvalue weighted by Gasteiger charge is 2.09. The third kappa shape index (κ3) is 4.88. The molecule has 3 rings (SSSR count). The maximum absolute atomic E-state index is 12.9. The molecule has 8 heteroatoms. The summed E-state index contributed by atoms with van der Waals surface area (Å²) < 4.78 is 17.5. The van der Waals surface area contributed by atoms with Gasteiger partial charge in [-0.2, -0.15) is 0 Å². The zero-order valence-electron chi connectivity index (χ0n) is 15.0. The molecule has 0 bridgehead atoms. The number of rotatable bonds is 6. The third-order valence-electron chi connectivity index (χ3n) is 3.84. The van der Waals surface area contributed by atoms with Gasteiger partial charge in [0.15, 0.2) is 11.5 Å². The number of aromatic nitrogens is 2. The van der Waals surface area contributed by atoms with Crippen molar-refractivity contribution in [3.05, 3.63) is 83.3 Å². The van der Waals surface area contributed by atoms with Crippen LogP contribution in [0.15, 0.2) is 60.7 Å². The number of ether oxygens (including phenoxy) is 1. The lowest BCUT2D eigenvalue weighted by Crippen LogP contribution is -2.24. The first kappa shape index (κ1) is 19.0. The first-order valence-electron chi connectivity index (χ1n) is 8.37. The molecule has 0 radical (unpaired) electrons. The van der Waals surface area contributed by atoms with Gasteiger partial charge in [-0.1, -0.05) is 12.1 Å². The Bertz CT molecular complexity index is 958. The first-order valence-corrected chi connectivity index (χ1v) is 8.37. The molecular formula is C20H17FN4O3. The summed E-state index contributed by atoms with van der Waals surface area (Å²) in [4.78, 5) is 23.6. The van der Waals surface area contributed by atoms with Crippen molar-refractivity contribution >= 4 is 23.4 Å². The number of esters is 1. The monoisotopic (exact) mass is 380 g/mol. The fraction of sp³-hybridized carbons (Fsp3) is 0.100. The molecule has 0 fully saturated rings. The number of hydrogen-bond acceptors (Lipinski definition) is 6. The van der Waals surface area contributed by atoms with Crippen LogP contribution < -0.4 is 10.6 Å². The number of amides is 1.